The Kier molecular flexibility index (Phi) is 3.32. The second-order valence-electron chi connectivity index (χ2n) is 1.88. The molecule has 0 saturated carbocycles. The minimum atomic E-state index is -1.24. The van der Waals surface area contributed by atoms with Crippen molar-refractivity contribution in [1.29, 1.82) is 0 Å². The largest absolute Gasteiger partial charge is 0.365 e. The lowest BCUT2D eigenvalue weighted by molar-refractivity contribution is -0.207. The summed E-state index contributed by atoms with van der Waals surface area (Å²) in [6, 6.07) is 0. The maximum atomic E-state index is 10.7. The Morgan fingerprint density at radius 3 is 1.90 bits per heavy atom. The molecule has 0 aliphatic rings. The van der Waals surface area contributed by atoms with E-state index in [2.05, 4.69) is 0 Å². The van der Waals surface area contributed by atoms with Gasteiger partial charge in [-0.3, -0.25) is 4.79 Å². The number of nitrogens with two attached hydrogens (primary N) is 1. The molecule has 0 radical (unpaired) electrons. The van der Waals surface area contributed by atoms with Gasteiger partial charge in [-0.25, -0.2) is 0 Å². The average molecular weight is 147 g/mol. The molecule has 0 spiro atoms. The summed E-state index contributed by atoms with van der Waals surface area (Å²) in [5.41, 5.74) is 5.01. The Morgan fingerprint density at radius 2 is 1.90 bits per heavy atom. The maximum Gasteiger partial charge on any atom is 0.277 e. The highest BCUT2D eigenvalue weighted by molar-refractivity contribution is 5.81. The van der Waals surface area contributed by atoms with Crippen LogP contribution in [0.1, 0.15) is 13.3 Å². The summed E-state index contributed by atoms with van der Waals surface area (Å²) in [6.45, 7) is 1.76. The predicted octanol–water partition coefficient (Wildman–Crippen LogP) is -0.129. The van der Waals surface area contributed by atoms with Gasteiger partial charge in [0.05, 0.1) is 0 Å². The van der Waals surface area contributed by atoms with Crippen LogP contribution in [0.2, 0.25) is 0 Å². The molecule has 0 aromatic rings. The number of carbonyl (C=O) groups excluding carboxylic acids is 1. The number of rotatable bonds is 4. The fourth-order valence-corrected chi connectivity index (χ4v) is 0.747. The SMILES string of the molecule is CCC(OC)(OC)C(N)=O. The lowest BCUT2D eigenvalue weighted by atomic mass is 10.2. The molecule has 0 heterocycles. The molecule has 0 atom stereocenters. The van der Waals surface area contributed by atoms with E-state index in [1.165, 1.54) is 14.2 Å². The highest BCUT2D eigenvalue weighted by Crippen LogP contribution is 2.14. The molecule has 0 aliphatic heterocycles. The van der Waals surface area contributed by atoms with Gasteiger partial charge in [0, 0.05) is 20.6 Å². The third-order valence-electron chi connectivity index (χ3n) is 1.50. The summed E-state index contributed by atoms with van der Waals surface area (Å²) in [4.78, 5) is 10.7. The van der Waals surface area contributed by atoms with Crippen molar-refractivity contribution in [3.63, 3.8) is 0 Å². The van der Waals surface area contributed by atoms with Gasteiger partial charge < -0.3 is 15.2 Å². The van der Waals surface area contributed by atoms with Gasteiger partial charge in [-0.15, -0.1) is 0 Å². The van der Waals surface area contributed by atoms with Crippen LogP contribution in [0.25, 0.3) is 0 Å². The van der Waals surface area contributed by atoms with Gasteiger partial charge in [0.1, 0.15) is 0 Å². The maximum absolute atomic E-state index is 10.7. The van der Waals surface area contributed by atoms with Gasteiger partial charge in [-0.2, -0.15) is 0 Å². The van der Waals surface area contributed by atoms with Crippen LogP contribution in [0.3, 0.4) is 0 Å². The molecule has 0 saturated heterocycles. The van der Waals surface area contributed by atoms with Crippen LogP contribution in [0.15, 0.2) is 0 Å². The second-order valence-corrected chi connectivity index (χ2v) is 1.88. The summed E-state index contributed by atoms with van der Waals surface area (Å²) < 4.78 is 9.60. The van der Waals surface area contributed by atoms with Crippen LogP contribution in [-0.2, 0) is 14.3 Å². The zero-order chi connectivity index (χ0) is 8.20. The van der Waals surface area contributed by atoms with Crippen LogP contribution in [0.4, 0.5) is 0 Å². The third-order valence-corrected chi connectivity index (χ3v) is 1.50. The zero-order valence-electron chi connectivity index (χ0n) is 6.51. The molecular formula is C6H13NO3. The molecule has 0 fully saturated rings. The Hall–Kier alpha value is -0.610. The molecule has 4 nitrogen and oxygen atoms in total. The number of carbonyl (C=O) groups is 1. The first-order valence-electron chi connectivity index (χ1n) is 3.03. The molecule has 0 bridgehead atoms. The lowest BCUT2D eigenvalue weighted by Gasteiger charge is -2.25. The van der Waals surface area contributed by atoms with Gasteiger partial charge in [-0.05, 0) is 0 Å². The average Bonchev–Trinajstić information content (AvgIpc) is 1.92. The van der Waals surface area contributed by atoms with Gasteiger partial charge >= 0.3 is 0 Å². The second kappa shape index (κ2) is 3.53. The van der Waals surface area contributed by atoms with Crippen molar-refractivity contribution in [3.05, 3.63) is 0 Å². The zero-order valence-corrected chi connectivity index (χ0v) is 6.51. The van der Waals surface area contributed by atoms with Crippen molar-refractivity contribution in [2.75, 3.05) is 14.2 Å². The number of methoxy groups -OCH3 is 2. The third kappa shape index (κ3) is 1.46. The van der Waals surface area contributed by atoms with Crippen molar-refractivity contribution in [1.82, 2.24) is 0 Å². The van der Waals surface area contributed by atoms with E-state index in [-0.39, 0.29) is 0 Å². The first-order chi connectivity index (χ1) is 4.63. The molecule has 0 rings (SSSR count). The van der Waals surface area contributed by atoms with E-state index >= 15 is 0 Å². The van der Waals surface area contributed by atoms with Crippen LogP contribution in [0.5, 0.6) is 0 Å². The van der Waals surface area contributed by atoms with Crippen LogP contribution in [-0.4, -0.2) is 25.9 Å². The number of hydrogen-bond donors (Lipinski definition) is 1. The smallest absolute Gasteiger partial charge is 0.277 e. The Bertz CT molecular complexity index is 112. The van der Waals surface area contributed by atoms with Crippen molar-refractivity contribution >= 4 is 5.91 Å². The Labute approximate surface area is 60.3 Å². The first-order valence-corrected chi connectivity index (χ1v) is 3.03. The summed E-state index contributed by atoms with van der Waals surface area (Å²) in [7, 11) is 2.77. The molecule has 60 valence electrons. The van der Waals surface area contributed by atoms with Crippen molar-refractivity contribution in [3.8, 4) is 0 Å². The van der Waals surface area contributed by atoms with E-state index in [0.29, 0.717) is 6.42 Å². The fourth-order valence-electron chi connectivity index (χ4n) is 0.747. The van der Waals surface area contributed by atoms with Crippen molar-refractivity contribution < 1.29 is 14.3 Å². The quantitative estimate of drug-likeness (QED) is 0.563. The van der Waals surface area contributed by atoms with E-state index in [1.807, 2.05) is 0 Å². The lowest BCUT2D eigenvalue weighted by Crippen LogP contribution is -2.46. The first kappa shape index (κ1) is 9.39. The molecular weight excluding hydrogens is 134 g/mol. The molecule has 0 unspecified atom stereocenters. The number of hydrogen-bond acceptors (Lipinski definition) is 3. The van der Waals surface area contributed by atoms with Crippen molar-refractivity contribution in [2.24, 2.45) is 5.73 Å². The highest BCUT2D eigenvalue weighted by atomic mass is 16.7. The minimum Gasteiger partial charge on any atom is -0.365 e. The summed E-state index contributed by atoms with van der Waals surface area (Å²) in [5, 5.41) is 0. The molecule has 0 aromatic carbocycles. The highest BCUT2D eigenvalue weighted by Gasteiger charge is 2.34. The number of amides is 1. The molecule has 2 N–H and O–H groups in total. The van der Waals surface area contributed by atoms with Gasteiger partial charge in [-0.1, -0.05) is 6.92 Å². The van der Waals surface area contributed by atoms with E-state index in [0.717, 1.165) is 0 Å². The van der Waals surface area contributed by atoms with Gasteiger partial charge in [0.2, 0.25) is 5.79 Å². The molecule has 1 amide bonds. The molecule has 0 aromatic heterocycles. The number of primary amides is 1. The molecule has 10 heavy (non-hydrogen) atoms. The molecule has 4 heteroatoms. The summed E-state index contributed by atoms with van der Waals surface area (Å²) >= 11 is 0. The van der Waals surface area contributed by atoms with E-state index in [9.17, 15) is 4.79 Å². The minimum absolute atomic E-state index is 0.412. The summed E-state index contributed by atoms with van der Waals surface area (Å²) in [5.74, 6) is -1.83. The van der Waals surface area contributed by atoms with E-state index < -0.39 is 11.7 Å². The normalized spacial score (nSPS) is 11.5. The topological polar surface area (TPSA) is 61.6 Å². The Morgan fingerprint density at radius 1 is 1.50 bits per heavy atom. The molecule has 0 aliphatic carbocycles. The van der Waals surface area contributed by atoms with E-state index in [1.54, 1.807) is 6.92 Å². The van der Waals surface area contributed by atoms with Gasteiger partial charge in [0.15, 0.2) is 0 Å². The van der Waals surface area contributed by atoms with E-state index in [4.69, 9.17) is 15.2 Å². The standard InChI is InChI=1S/C6H13NO3/c1-4-6(9-2,10-3)5(7)8/h4H2,1-3H3,(H2,7,8). The van der Waals surface area contributed by atoms with Crippen LogP contribution in [0, 0.1) is 0 Å². The van der Waals surface area contributed by atoms with Gasteiger partial charge in [0.25, 0.3) is 5.91 Å². The number of ether oxygens (including phenoxy) is 2. The summed E-state index contributed by atoms with van der Waals surface area (Å²) in [6.07, 6.45) is 0.412. The van der Waals surface area contributed by atoms with Crippen LogP contribution < -0.4 is 5.73 Å². The Balaban J connectivity index is 4.31. The monoisotopic (exact) mass is 147 g/mol. The van der Waals surface area contributed by atoms with Crippen LogP contribution >= 0.6 is 0 Å². The van der Waals surface area contributed by atoms with Crippen molar-refractivity contribution in [2.45, 2.75) is 19.1 Å². The predicted molar refractivity (Wildman–Crippen MR) is 36.2 cm³/mol. The fraction of sp³-hybridized carbons (Fsp3) is 0.833.